The molecule has 0 aliphatic carbocycles. The maximum absolute atomic E-state index is 12.3. The molecule has 1 aliphatic heterocycles. The molecule has 0 unspecified atom stereocenters. The van der Waals surface area contributed by atoms with Crippen molar-refractivity contribution in [1.82, 2.24) is 0 Å². The minimum absolute atomic E-state index is 0.0891. The number of carbonyl (C=O) groups excluding carboxylic acids is 3. The summed E-state index contributed by atoms with van der Waals surface area (Å²) in [5.41, 5.74) is 4.50. The fraction of sp³-hybridized carbons (Fsp3) is 0.318. The molecule has 28 heavy (non-hydrogen) atoms. The highest BCUT2D eigenvalue weighted by Gasteiger charge is 2.36. The third-order valence-corrected chi connectivity index (χ3v) is 4.87. The lowest BCUT2D eigenvalue weighted by Gasteiger charge is -2.18. The molecule has 1 atom stereocenters. The second-order valence-corrected chi connectivity index (χ2v) is 7.17. The first-order valence-corrected chi connectivity index (χ1v) is 9.25. The maximum Gasteiger partial charge on any atom is 0.311 e. The number of hydrogen-bond acceptors (Lipinski definition) is 4. The van der Waals surface area contributed by atoms with Gasteiger partial charge in [0.05, 0.1) is 5.92 Å². The van der Waals surface area contributed by atoms with Crippen LogP contribution in [0.4, 0.5) is 11.4 Å². The van der Waals surface area contributed by atoms with E-state index in [-0.39, 0.29) is 25.5 Å². The van der Waals surface area contributed by atoms with E-state index in [0.29, 0.717) is 5.69 Å². The minimum Gasteiger partial charge on any atom is -0.455 e. The number of benzene rings is 2. The summed E-state index contributed by atoms with van der Waals surface area (Å²) in [4.78, 5) is 38.4. The number of esters is 1. The Morgan fingerprint density at radius 1 is 1.11 bits per heavy atom. The zero-order valence-corrected chi connectivity index (χ0v) is 16.3. The molecule has 1 N–H and O–H groups in total. The molecule has 6 nitrogen and oxygen atoms in total. The van der Waals surface area contributed by atoms with Crippen LogP contribution in [0.3, 0.4) is 0 Å². The molecule has 1 aliphatic rings. The van der Waals surface area contributed by atoms with E-state index in [1.54, 1.807) is 4.90 Å². The molecule has 1 saturated heterocycles. The van der Waals surface area contributed by atoms with Crippen LogP contribution in [0.5, 0.6) is 0 Å². The van der Waals surface area contributed by atoms with Crippen molar-refractivity contribution in [3.8, 4) is 0 Å². The highest BCUT2D eigenvalue weighted by molar-refractivity contribution is 6.00. The lowest BCUT2D eigenvalue weighted by molar-refractivity contribution is -0.151. The lowest BCUT2D eigenvalue weighted by Crippen LogP contribution is -2.28. The average Bonchev–Trinajstić information content (AvgIpc) is 3.04. The van der Waals surface area contributed by atoms with E-state index in [0.717, 1.165) is 22.4 Å². The number of ether oxygens (including phenoxy) is 1. The van der Waals surface area contributed by atoms with Gasteiger partial charge in [0, 0.05) is 24.3 Å². The Labute approximate surface area is 164 Å². The summed E-state index contributed by atoms with van der Waals surface area (Å²) in [7, 11) is 0. The van der Waals surface area contributed by atoms with Gasteiger partial charge in [-0.05, 0) is 44.0 Å². The quantitative estimate of drug-likeness (QED) is 0.809. The number of nitrogens with zero attached hydrogens (tertiary/aromatic N) is 1. The second kappa shape index (κ2) is 8.25. The number of hydrogen-bond donors (Lipinski definition) is 1. The van der Waals surface area contributed by atoms with Crippen molar-refractivity contribution in [3.63, 3.8) is 0 Å². The number of anilines is 2. The number of nitrogens with one attached hydrogen (secondary N) is 1. The van der Waals surface area contributed by atoms with Crippen LogP contribution in [-0.4, -0.2) is 30.9 Å². The Balaban J connectivity index is 1.54. The Hall–Kier alpha value is -3.15. The molecule has 2 aromatic carbocycles. The van der Waals surface area contributed by atoms with Gasteiger partial charge in [0.15, 0.2) is 6.61 Å². The number of para-hydroxylation sites is 1. The van der Waals surface area contributed by atoms with Gasteiger partial charge in [-0.3, -0.25) is 14.4 Å². The summed E-state index contributed by atoms with van der Waals surface area (Å²) in [6.45, 7) is 5.69. The molecule has 0 radical (unpaired) electrons. The van der Waals surface area contributed by atoms with Crippen molar-refractivity contribution in [2.45, 2.75) is 27.2 Å². The first kappa shape index (κ1) is 19.6. The molecule has 0 bridgehead atoms. The van der Waals surface area contributed by atoms with Gasteiger partial charge < -0.3 is 15.0 Å². The Morgan fingerprint density at radius 3 is 2.57 bits per heavy atom. The van der Waals surface area contributed by atoms with Crippen molar-refractivity contribution < 1.29 is 19.1 Å². The van der Waals surface area contributed by atoms with Gasteiger partial charge in [-0.25, -0.2) is 0 Å². The topological polar surface area (TPSA) is 75.7 Å². The van der Waals surface area contributed by atoms with E-state index in [1.165, 1.54) is 0 Å². The van der Waals surface area contributed by atoms with Crippen LogP contribution in [0.2, 0.25) is 0 Å². The molecular formula is C22H24N2O4. The normalized spacial score (nSPS) is 16.2. The number of aryl methyl sites for hydroxylation is 3. The van der Waals surface area contributed by atoms with E-state index in [4.69, 9.17) is 4.74 Å². The van der Waals surface area contributed by atoms with Gasteiger partial charge in [-0.2, -0.15) is 0 Å². The highest BCUT2D eigenvalue weighted by atomic mass is 16.5. The molecular weight excluding hydrogens is 356 g/mol. The van der Waals surface area contributed by atoms with E-state index < -0.39 is 17.8 Å². The monoisotopic (exact) mass is 380 g/mol. The summed E-state index contributed by atoms with van der Waals surface area (Å²) in [6, 6.07) is 13.2. The van der Waals surface area contributed by atoms with Crippen LogP contribution in [-0.2, 0) is 19.1 Å². The van der Waals surface area contributed by atoms with Gasteiger partial charge in [0.25, 0.3) is 5.91 Å². The van der Waals surface area contributed by atoms with E-state index >= 15 is 0 Å². The SMILES string of the molecule is Cc1ccc(NC(=O)COC(=O)[C@H]2CC(=O)N(c3ccccc3C)C2)c(C)c1. The summed E-state index contributed by atoms with van der Waals surface area (Å²) in [6.07, 6.45) is 0.0891. The molecule has 2 aromatic rings. The predicted octanol–water partition coefficient (Wildman–Crippen LogP) is 3.15. The summed E-state index contributed by atoms with van der Waals surface area (Å²) >= 11 is 0. The average molecular weight is 380 g/mol. The highest BCUT2D eigenvalue weighted by Crippen LogP contribution is 2.28. The van der Waals surface area contributed by atoms with Crippen LogP contribution < -0.4 is 10.2 Å². The molecule has 1 fully saturated rings. The molecule has 6 heteroatoms. The largest absolute Gasteiger partial charge is 0.455 e. The molecule has 2 amide bonds. The van der Waals surface area contributed by atoms with Crippen LogP contribution in [0, 0.1) is 26.7 Å². The first-order chi connectivity index (χ1) is 13.3. The smallest absolute Gasteiger partial charge is 0.311 e. The summed E-state index contributed by atoms with van der Waals surface area (Å²) < 4.78 is 5.16. The Bertz CT molecular complexity index is 923. The molecule has 0 aromatic heterocycles. The fourth-order valence-corrected chi connectivity index (χ4v) is 3.36. The van der Waals surface area contributed by atoms with Gasteiger partial charge in [-0.1, -0.05) is 35.9 Å². The molecule has 0 spiro atoms. The number of amides is 2. The Morgan fingerprint density at radius 2 is 1.86 bits per heavy atom. The standard InChI is InChI=1S/C22H24N2O4/c1-14-8-9-18(16(3)10-14)23-20(25)13-28-22(27)17-11-21(26)24(12-17)19-7-5-4-6-15(19)2/h4-10,17H,11-13H2,1-3H3,(H,23,25)/t17-/m0/s1. The van der Waals surface area contributed by atoms with E-state index in [1.807, 2.05) is 63.2 Å². The predicted molar refractivity (Wildman–Crippen MR) is 107 cm³/mol. The first-order valence-electron chi connectivity index (χ1n) is 9.25. The third-order valence-electron chi connectivity index (χ3n) is 4.87. The third kappa shape index (κ3) is 4.39. The van der Waals surface area contributed by atoms with Crippen molar-refractivity contribution in [2.24, 2.45) is 5.92 Å². The summed E-state index contributed by atoms with van der Waals surface area (Å²) in [5.74, 6) is -1.61. The van der Waals surface area contributed by atoms with Crippen molar-refractivity contribution >= 4 is 29.2 Å². The molecule has 0 saturated carbocycles. The second-order valence-electron chi connectivity index (χ2n) is 7.17. The van der Waals surface area contributed by atoms with Crippen LogP contribution in [0.15, 0.2) is 42.5 Å². The number of carbonyl (C=O) groups is 3. The Kier molecular flexibility index (Phi) is 5.78. The van der Waals surface area contributed by atoms with Crippen LogP contribution >= 0.6 is 0 Å². The van der Waals surface area contributed by atoms with Gasteiger partial charge in [0.2, 0.25) is 5.91 Å². The van der Waals surface area contributed by atoms with Crippen molar-refractivity contribution in [1.29, 1.82) is 0 Å². The minimum atomic E-state index is -0.569. The molecule has 146 valence electrons. The molecule has 3 rings (SSSR count). The van der Waals surface area contributed by atoms with E-state index in [2.05, 4.69) is 5.32 Å². The zero-order valence-electron chi connectivity index (χ0n) is 16.3. The van der Waals surface area contributed by atoms with Crippen LogP contribution in [0.1, 0.15) is 23.1 Å². The van der Waals surface area contributed by atoms with Gasteiger partial charge >= 0.3 is 5.97 Å². The maximum atomic E-state index is 12.3. The number of rotatable bonds is 5. The van der Waals surface area contributed by atoms with Crippen molar-refractivity contribution in [2.75, 3.05) is 23.4 Å². The lowest BCUT2D eigenvalue weighted by atomic mass is 10.1. The summed E-state index contributed by atoms with van der Waals surface area (Å²) in [5, 5.41) is 2.74. The van der Waals surface area contributed by atoms with Gasteiger partial charge in [-0.15, -0.1) is 0 Å². The zero-order chi connectivity index (χ0) is 20.3. The van der Waals surface area contributed by atoms with E-state index in [9.17, 15) is 14.4 Å². The van der Waals surface area contributed by atoms with Gasteiger partial charge in [0.1, 0.15) is 0 Å². The van der Waals surface area contributed by atoms with Crippen LogP contribution in [0.25, 0.3) is 0 Å². The van der Waals surface area contributed by atoms with Crippen molar-refractivity contribution in [3.05, 3.63) is 59.2 Å². The molecule has 1 heterocycles. The fourth-order valence-electron chi connectivity index (χ4n) is 3.36.